The molecule has 1 atom stereocenters. The Morgan fingerprint density at radius 2 is 1.90 bits per heavy atom. The number of para-hydroxylation sites is 1. The van der Waals surface area contributed by atoms with Gasteiger partial charge in [0.05, 0.1) is 12.4 Å². The molecule has 0 radical (unpaired) electrons. The topological polar surface area (TPSA) is 58.6 Å². The van der Waals surface area contributed by atoms with E-state index in [0.717, 1.165) is 22.4 Å². The molecule has 2 aromatic rings. The van der Waals surface area contributed by atoms with Crippen LogP contribution in [-0.4, -0.2) is 39.9 Å². The zero-order valence-corrected chi connectivity index (χ0v) is 19.0. The average molecular weight is 443 g/mol. The molecule has 1 N–H and O–H groups in total. The van der Waals surface area contributed by atoms with Crippen molar-refractivity contribution in [3.63, 3.8) is 0 Å². The highest BCUT2D eigenvalue weighted by Crippen LogP contribution is 2.31. The monoisotopic (exact) mass is 442 g/mol. The molecule has 0 saturated carbocycles. The number of amides is 2. The van der Waals surface area contributed by atoms with Gasteiger partial charge in [0.25, 0.3) is 0 Å². The molecule has 2 amide bonds. The molecule has 2 aromatic carbocycles. The van der Waals surface area contributed by atoms with Crippen LogP contribution in [0.5, 0.6) is 5.75 Å². The van der Waals surface area contributed by atoms with Crippen LogP contribution in [0.2, 0.25) is 0 Å². The van der Waals surface area contributed by atoms with Crippen molar-refractivity contribution in [3.05, 3.63) is 54.1 Å². The molecule has 158 valence electrons. The minimum Gasteiger partial charge on any atom is -0.496 e. The number of nitrogens with one attached hydrogen (secondary N) is 1. The number of thiocarbonyl (C=S) groups is 1. The first-order valence-corrected chi connectivity index (χ1v) is 11.2. The van der Waals surface area contributed by atoms with Crippen LogP contribution in [0.25, 0.3) is 11.1 Å². The highest BCUT2D eigenvalue weighted by atomic mass is 32.2. The Kier molecular flexibility index (Phi) is 7.50. The Balaban J connectivity index is 1.54. The van der Waals surface area contributed by atoms with Gasteiger partial charge >= 0.3 is 0 Å². The van der Waals surface area contributed by atoms with Gasteiger partial charge in [-0.25, -0.2) is 0 Å². The summed E-state index contributed by atoms with van der Waals surface area (Å²) in [7, 11) is 1.66. The molecule has 1 saturated heterocycles. The maximum atomic E-state index is 12.5. The number of nitrogens with zero attached hydrogens (tertiary/aromatic N) is 1. The summed E-state index contributed by atoms with van der Waals surface area (Å²) >= 11 is 6.62. The SMILES string of the molecule is COc1ccccc1-c1ccc(CNC(=O)CC2SC(=S)N(CC(C)C)C2=O)cc1. The molecule has 0 bridgehead atoms. The number of benzene rings is 2. The van der Waals surface area contributed by atoms with Crippen molar-refractivity contribution in [3.8, 4) is 16.9 Å². The lowest BCUT2D eigenvalue weighted by Crippen LogP contribution is -2.36. The van der Waals surface area contributed by atoms with Crippen LogP contribution in [0, 0.1) is 5.92 Å². The maximum Gasteiger partial charge on any atom is 0.242 e. The number of hydrogen-bond donors (Lipinski definition) is 1. The Morgan fingerprint density at radius 3 is 2.57 bits per heavy atom. The Bertz CT molecular complexity index is 928. The summed E-state index contributed by atoms with van der Waals surface area (Å²) in [6, 6.07) is 15.8. The Hall–Kier alpha value is -2.38. The Labute approximate surface area is 187 Å². The molecule has 30 heavy (non-hydrogen) atoms. The zero-order chi connectivity index (χ0) is 21.7. The second kappa shape index (κ2) is 10.1. The second-order valence-corrected chi connectivity index (χ2v) is 9.43. The highest BCUT2D eigenvalue weighted by molar-refractivity contribution is 8.24. The van der Waals surface area contributed by atoms with E-state index in [1.807, 2.05) is 62.4 Å². The van der Waals surface area contributed by atoms with Gasteiger partial charge in [0, 0.05) is 25.1 Å². The molecule has 5 nitrogen and oxygen atoms in total. The number of methoxy groups -OCH3 is 1. The van der Waals surface area contributed by atoms with E-state index in [0.29, 0.717) is 23.3 Å². The third-order valence-electron chi connectivity index (χ3n) is 4.79. The summed E-state index contributed by atoms with van der Waals surface area (Å²) < 4.78 is 5.99. The van der Waals surface area contributed by atoms with E-state index in [9.17, 15) is 9.59 Å². The number of thioether (sulfide) groups is 1. The number of ether oxygens (including phenoxy) is 1. The van der Waals surface area contributed by atoms with Gasteiger partial charge in [-0.15, -0.1) is 0 Å². The van der Waals surface area contributed by atoms with E-state index in [1.165, 1.54) is 11.8 Å². The van der Waals surface area contributed by atoms with Gasteiger partial charge in [-0.05, 0) is 23.1 Å². The van der Waals surface area contributed by atoms with Crippen LogP contribution < -0.4 is 10.1 Å². The largest absolute Gasteiger partial charge is 0.496 e. The normalized spacial score (nSPS) is 16.3. The van der Waals surface area contributed by atoms with Crippen LogP contribution in [0.1, 0.15) is 25.8 Å². The highest BCUT2D eigenvalue weighted by Gasteiger charge is 2.38. The zero-order valence-electron chi connectivity index (χ0n) is 17.4. The van der Waals surface area contributed by atoms with Crippen LogP contribution >= 0.6 is 24.0 Å². The lowest BCUT2D eigenvalue weighted by molar-refractivity contribution is -0.129. The van der Waals surface area contributed by atoms with Crippen molar-refractivity contribution < 1.29 is 14.3 Å². The number of carbonyl (C=O) groups is 2. The smallest absolute Gasteiger partial charge is 0.242 e. The molecule has 7 heteroatoms. The summed E-state index contributed by atoms with van der Waals surface area (Å²) in [6.07, 6.45) is 0.136. The summed E-state index contributed by atoms with van der Waals surface area (Å²) in [5, 5.41) is 2.48. The van der Waals surface area contributed by atoms with Gasteiger partial charge in [-0.2, -0.15) is 0 Å². The van der Waals surface area contributed by atoms with Gasteiger partial charge in [-0.3, -0.25) is 14.5 Å². The fourth-order valence-electron chi connectivity index (χ4n) is 3.28. The summed E-state index contributed by atoms with van der Waals surface area (Å²) in [5.74, 6) is 0.944. The van der Waals surface area contributed by atoms with Crippen LogP contribution in [0.4, 0.5) is 0 Å². The van der Waals surface area contributed by atoms with E-state index in [4.69, 9.17) is 17.0 Å². The molecule has 1 unspecified atom stereocenters. The molecule has 1 heterocycles. The minimum atomic E-state index is -0.427. The molecular formula is C23H26N2O3S2. The van der Waals surface area contributed by atoms with Crippen LogP contribution in [0.15, 0.2) is 48.5 Å². The molecule has 3 rings (SSSR count). The van der Waals surface area contributed by atoms with Crippen molar-refractivity contribution in [1.29, 1.82) is 0 Å². The van der Waals surface area contributed by atoms with Crippen molar-refractivity contribution in [2.24, 2.45) is 5.92 Å². The van der Waals surface area contributed by atoms with Crippen LogP contribution in [0.3, 0.4) is 0 Å². The van der Waals surface area contributed by atoms with E-state index in [1.54, 1.807) is 12.0 Å². The molecular weight excluding hydrogens is 416 g/mol. The molecule has 0 spiro atoms. The lowest BCUT2D eigenvalue weighted by atomic mass is 10.0. The Morgan fingerprint density at radius 1 is 1.20 bits per heavy atom. The molecule has 1 aliphatic rings. The molecule has 1 aliphatic heterocycles. The molecule has 0 aliphatic carbocycles. The maximum absolute atomic E-state index is 12.5. The fourth-order valence-corrected chi connectivity index (χ4v) is 4.80. The standard InChI is InChI=1S/C23H26N2O3S2/c1-15(2)14-25-22(27)20(30-23(25)29)12-21(26)24-13-16-8-10-17(11-9-16)18-6-4-5-7-19(18)28-3/h4-11,15,20H,12-14H2,1-3H3,(H,24,26). The van der Waals surface area contributed by atoms with Gasteiger partial charge in [0.15, 0.2) is 0 Å². The van der Waals surface area contributed by atoms with Gasteiger partial charge in [-0.1, -0.05) is 80.3 Å². The minimum absolute atomic E-state index is 0.0602. The van der Waals surface area contributed by atoms with Crippen molar-refractivity contribution in [1.82, 2.24) is 10.2 Å². The lowest BCUT2D eigenvalue weighted by Gasteiger charge is -2.17. The first-order valence-electron chi connectivity index (χ1n) is 9.90. The summed E-state index contributed by atoms with van der Waals surface area (Å²) in [5.41, 5.74) is 3.06. The van der Waals surface area contributed by atoms with E-state index in [-0.39, 0.29) is 18.2 Å². The number of carbonyl (C=O) groups excluding carboxylic acids is 2. The van der Waals surface area contributed by atoms with Gasteiger partial charge in [0.2, 0.25) is 11.8 Å². The van der Waals surface area contributed by atoms with Gasteiger partial charge in [0.1, 0.15) is 10.1 Å². The third-order valence-corrected chi connectivity index (χ3v) is 6.37. The first-order chi connectivity index (χ1) is 14.4. The van der Waals surface area contributed by atoms with Crippen molar-refractivity contribution in [2.45, 2.75) is 32.1 Å². The van der Waals surface area contributed by atoms with Crippen LogP contribution in [-0.2, 0) is 16.1 Å². The molecule has 0 aromatic heterocycles. The quantitative estimate of drug-likeness (QED) is 0.619. The third kappa shape index (κ3) is 5.40. The van der Waals surface area contributed by atoms with Crippen molar-refractivity contribution >= 4 is 40.1 Å². The second-order valence-electron chi connectivity index (χ2n) is 7.59. The van der Waals surface area contributed by atoms with E-state index in [2.05, 4.69) is 5.32 Å². The first kappa shape index (κ1) is 22.3. The predicted octanol–water partition coefficient (Wildman–Crippen LogP) is 4.25. The van der Waals surface area contributed by atoms with E-state index >= 15 is 0 Å². The predicted molar refractivity (Wildman–Crippen MR) is 125 cm³/mol. The molecule has 1 fully saturated rings. The van der Waals surface area contributed by atoms with Gasteiger partial charge < -0.3 is 10.1 Å². The van der Waals surface area contributed by atoms with E-state index < -0.39 is 5.25 Å². The van der Waals surface area contributed by atoms with Crippen molar-refractivity contribution in [2.75, 3.05) is 13.7 Å². The fraction of sp³-hybridized carbons (Fsp3) is 0.348. The summed E-state index contributed by atoms with van der Waals surface area (Å²) in [6.45, 7) is 5.09. The average Bonchev–Trinajstić information content (AvgIpc) is 2.99. The number of rotatable bonds is 8. The summed E-state index contributed by atoms with van der Waals surface area (Å²) in [4.78, 5) is 26.5. The number of hydrogen-bond acceptors (Lipinski definition) is 5.